The summed E-state index contributed by atoms with van der Waals surface area (Å²) in [6, 6.07) is 7.49. The molecule has 1 unspecified atom stereocenters. The van der Waals surface area contributed by atoms with Crippen molar-refractivity contribution in [2.24, 2.45) is 5.84 Å². The number of rotatable bonds is 4. The van der Waals surface area contributed by atoms with Crippen LogP contribution < -0.4 is 16.0 Å². The highest BCUT2D eigenvalue weighted by atomic mass is 16.5. The molecule has 0 aliphatic heterocycles. The molecule has 1 aromatic carbocycles. The Labute approximate surface area is 93.6 Å². The van der Waals surface area contributed by atoms with Gasteiger partial charge in [-0.2, -0.15) is 0 Å². The lowest BCUT2D eigenvalue weighted by molar-refractivity contribution is 0.403. The smallest absolute Gasteiger partial charge is 0.129 e. The molecule has 16 heavy (non-hydrogen) atoms. The first-order valence-electron chi connectivity index (χ1n) is 4.95. The fraction of sp³-hybridized carbons (Fsp3) is 0.182. The van der Waals surface area contributed by atoms with E-state index in [2.05, 4.69) is 15.4 Å². The third-order valence-electron chi connectivity index (χ3n) is 2.41. The minimum atomic E-state index is -0.203. The van der Waals surface area contributed by atoms with E-state index in [0.717, 1.165) is 17.1 Å². The molecule has 0 saturated heterocycles. The van der Waals surface area contributed by atoms with Gasteiger partial charge in [0.25, 0.3) is 0 Å². The van der Waals surface area contributed by atoms with Crippen molar-refractivity contribution in [1.82, 2.24) is 15.4 Å². The van der Waals surface area contributed by atoms with Crippen molar-refractivity contribution < 1.29 is 4.74 Å². The van der Waals surface area contributed by atoms with E-state index in [1.54, 1.807) is 19.5 Å². The Morgan fingerprint density at radius 1 is 1.44 bits per heavy atom. The monoisotopic (exact) mass is 218 g/mol. The van der Waals surface area contributed by atoms with Crippen LogP contribution in [-0.2, 0) is 0 Å². The molecule has 0 spiro atoms. The predicted octanol–water partition coefficient (Wildman–Crippen LogP) is 0.971. The standard InChI is InChI=1S/C11H14N4O/c1-16-9-5-3-2-4-8(9)10(15-12)11-13-6-7-14-11/h2-7,10,15H,12H2,1H3,(H,13,14). The molecule has 2 rings (SSSR count). The predicted molar refractivity (Wildman–Crippen MR) is 60.7 cm³/mol. The number of methoxy groups -OCH3 is 1. The molecule has 0 radical (unpaired) electrons. The van der Waals surface area contributed by atoms with Crippen LogP contribution in [0.1, 0.15) is 17.4 Å². The molecular formula is C11H14N4O. The van der Waals surface area contributed by atoms with Gasteiger partial charge in [-0.1, -0.05) is 18.2 Å². The van der Waals surface area contributed by atoms with Crippen molar-refractivity contribution >= 4 is 0 Å². The number of nitrogens with two attached hydrogens (primary N) is 1. The van der Waals surface area contributed by atoms with Crippen LogP contribution in [-0.4, -0.2) is 17.1 Å². The van der Waals surface area contributed by atoms with Crippen molar-refractivity contribution in [3.8, 4) is 5.75 Å². The number of nitrogens with zero attached hydrogens (tertiary/aromatic N) is 1. The number of imidazole rings is 1. The van der Waals surface area contributed by atoms with Gasteiger partial charge in [0.05, 0.1) is 7.11 Å². The molecule has 0 aliphatic rings. The molecule has 0 amide bonds. The Morgan fingerprint density at radius 2 is 2.25 bits per heavy atom. The summed E-state index contributed by atoms with van der Waals surface area (Å²) >= 11 is 0. The summed E-state index contributed by atoms with van der Waals surface area (Å²) < 4.78 is 5.29. The largest absolute Gasteiger partial charge is 0.496 e. The fourth-order valence-corrected chi connectivity index (χ4v) is 1.66. The number of aromatic amines is 1. The van der Waals surface area contributed by atoms with Gasteiger partial charge in [-0.05, 0) is 6.07 Å². The summed E-state index contributed by atoms with van der Waals surface area (Å²) in [5.41, 5.74) is 3.67. The number of benzene rings is 1. The molecule has 1 heterocycles. The van der Waals surface area contributed by atoms with Gasteiger partial charge in [0.1, 0.15) is 17.6 Å². The van der Waals surface area contributed by atoms with E-state index in [0.29, 0.717) is 0 Å². The van der Waals surface area contributed by atoms with Crippen molar-refractivity contribution in [3.63, 3.8) is 0 Å². The average molecular weight is 218 g/mol. The van der Waals surface area contributed by atoms with Crippen LogP contribution in [0.3, 0.4) is 0 Å². The second-order valence-electron chi connectivity index (χ2n) is 3.32. The molecule has 0 bridgehead atoms. The third-order valence-corrected chi connectivity index (χ3v) is 2.41. The Bertz CT molecular complexity index is 441. The molecule has 4 N–H and O–H groups in total. The third kappa shape index (κ3) is 1.91. The minimum Gasteiger partial charge on any atom is -0.496 e. The van der Waals surface area contributed by atoms with Crippen molar-refractivity contribution in [1.29, 1.82) is 0 Å². The van der Waals surface area contributed by atoms with Gasteiger partial charge in [0.2, 0.25) is 0 Å². The number of para-hydroxylation sites is 1. The zero-order valence-electron chi connectivity index (χ0n) is 8.97. The van der Waals surface area contributed by atoms with Crippen LogP contribution in [0, 0.1) is 0 Å². The van der Waals surface area contributed by atoms with Crippen LogP contribution in [0.15, 0.2) is 36.7 Å². The van der Waals surface area contributed by atoms with Gasteiger partial charge in [0, 0.05) is 18.0 Å². The second kappa shape index (κ2) is 4.78. The van der Waals surface area contributed by atoms with E-state index in [-0.39, 0.29) is 6.04 Å². The van der Waals surface area contributed by atoms with Crippen LogP contribution >= 0.6 is 0 Å². The molecule has 0 fully saturated rings. The van der Waals surface area contributed by atoms with E-state index < -0.39 is 0 Å². The molecule has 2 aromatic rings. The quantitative estimate of drug-likeness (QED) is 0.528. The van der Waals surface area contributed by atoms with E-state index in [1.807, 2.05) is 24.3 Å². The molecule has 1 atom stereocenters. The van der Waals surface area contributed by atoms with Crippen molar-refractivity contribution in [2.75, 3.05) is 7.11 Å². The van der Waals surface area contributed by atoms with Gasteiger partial charge in [-0.25, -0.2) is 10.4 Å². The number of hydrogen-bond donors (Lipinski definition) is 3. The maximum Gasteiger partial charge on any atom is 0.129 e. The topological polar surface area (TPSA) is 76.0 Å². The van der Waals surface area contributed by atoms with E-state index in [1.165, 1.54) is 0 Å². The van der Waals surface area contributed by atoms with Gasteiger partial charge in [-0.15, -0.1) is 0 Å². The average Bonchev–Trinajstić information content (AvgIpc) is 2.84. The normalized spacial score (nSPS) is 12.4. The highest BCUT2D eigenvalue weighted by Crippen LogP contribution is 2.27. The molecular weight excluding hydrogens is 204 g/mol. The van der Waals surface area contributed by atoms with Crippen molar-refractivity contribution in [2.45, 2.75) is 6.04 Å². The Balaban J connectivity index is 2.41. The maximum atomic E-state index is 5.55. The van der Waals surface area contributed by atoms with E-state index in [9.17, 15) is 0 Å². The first-order valence-corrected chi connectivity index (χ1v) is 4.95. The first kappa shape index (κ1) is 10.7. The SMILES string of the molecule is COc1ccccc1C(NN)c1ncc[nH]1. The number of H-pyrrole nitrogens is 1. The van der Waals surface area contributed by atoms with Gasteiger partial charge in [-0.3, -0.25) is 5.84 Å². The lowest BCUT2D eigenvalue weighted by Crippen LogP contribution is -2.30. The molecule has 84 valence electrons. The number of hydrazine groups is 1. The fourth-order valence-electron chi connectivity index (χ4n) is 1.66. The van der Waals surface area contributed by atoms with Crippen LogP contribution in [0.2, 0.25) is 0 Å². The van der Waals surface area contributed by atoms with Gasteiger partial charge in [0.15, 0.2) is 0 Å². The zero-order chi connectivity index (χ0) is 11.4. The second-order valence-corrected chi connectivity index (χ2v) is 3.32. The molecule has 0 saturated carbocycles. The Morgan fingerprint density at radius 3 is 2.88 bits per heavy atom. The maximum absolute atomic E-state index is 5.55. The van der Waals surface area contributed by atoms with Crippen LogP contribution in [0.4, 0.5) is 0 Å². The van der Waals surface area contributed by atoms with Crippen molar-refractivity contribution in [3.05, 3.63) is 48.0 Å². The number of nitrogens with one attached hydrogen (secondary N) is 2. The zero-order valence-corrected chi connectivity index (χ0v) is 8.97. The lowest BCUT2D eigenvalue weighted by Gasteiger charge is -2.16. The van der Waals surface area contributed by atoms with E-state index in [4.69, 9.17) is 10.6 Å². The summed E-state index contributed by atoms with van der Waals surface area (Å²) in [5.74, 6) is 7.09. The number of hydrogen-bond acceptors (Lipinski definition) is 4. The summed E-state index contributed by atoms with van der Waals surface area (Å²) in [5, 5.41) is 0. The molecule has 5 nitrogen and oxygen atoms in total. The first-order chi connectivity index (χ1) is 7.86. The number of aromatic nitrogens is 2. The highest BCUT2D eigenvalue weighted by Gasteiger charge is 2.18. The van der Waals surface area contributed by atoms with E-state index >= 15 is 0 Å². The molecule has 1 aromatic heterocycles. The van der Waals surface area contributed by atoms with Crippen LogP contribution in [0.5, 0.6) is 5.75 Å². The highest BCUT2D eigenvalue weighted by molar-refractivity contribution is 5.38. The Hall–Kier alpha value is -1.85. The Kier molecular flexibility index (Phi) is 3.19. The number of ether oxygens (including phenoxy) is 1. The molecule has 0 aliphatic carbocycles. The van der Waals surface area contributed by atoms with Gasteiger partial charge >= 0.3 is 0 Å². The lowest BCUT2D eigenvalue weighted by atomic mass is 10.1. The summed E-state index contributed by atoms with van der Waals surface area (Å²) in [6.45, 7) is 0. The summed E-state index contributed by atoms with van der Waals surface area (Å²) in [4.78, 5) is 7.21. The summed E-state index contributed by atoms with van der Waals surface area (Å²) in [7, 11) is 1.63. The van der Waals surface area contributed by atoms with Crippen LogP contribution in [0.25, 0.3) is 0 Å². The molecule has 5 heteroatoms. The minimum absolute atomic E-state index is 0.203. The van der Waals surface area contributed by atoms with Gasteiger partial charge < -0.3 is 9.72 Å². The summed E-state index contributed by atoms with van der Waals surface area (Å²) in [6.07, 6.45) is 3.45.